The number of hydrogen-bond donors (Lipinski definition) is 0. The predicted octanol–water partition coefficient (Wildman–Crippen LogP) is 4.07. The Balaban J connectivity index is 1.46. The zero-order valence-corrected chi connectivity index (χ0v) is 23.3. The molecule has 0 aromatic heterocycles. The van der Waals surface area contributed by atoms with E-state index in [2.05, 4.69) is 0 Å². The molecule has 41 heavy (non-hydrogen) atoms. The van der Waals surface area contributed by atoms with E-state index in [1.807, 2.05) is 19.1 Å². The number of thiocarbonyl (C=S) groups is 1. The van der Waals surface area contributed by atoms with Gasteiger partial charge >= 0.3 is 0 Å². The van der Waals surface area contributed by atoms with Gasteiger partial charge in [0.1, 0.15) is 5.57 Å². The number of morpholine rings is 1. The highest BCUT2D eigenvalue weighted by atomic mass is 32.1. The maximum Gasteiger partial charge on any atom is 0.270 e. The number of carbonyl (C=O) groups is 3. The molecule has 0 atom stereocenters. The van der Waals surface area contributed by atoms with E-state index in [1.54, 1.807) is 71.6 Å². The van der Waals surface area contributed by atoms with E-state index in [9.17, 15) is 14.4 Å². The van der Waals surface area contributed by atoms with E-state index >= 15 is 0 Å². The summed E-state index contributed by atoms with van der Waals surface area (Å²) in [7, 11) is 0. The fraction of sp³-hybridized carbons (Fsp3) is 0.226. The highest BCUT2D eigenvalue weighted by Gasteiger charge is 2.41. The summed E-state index contributed by atoms with van der Waals surface area (Å²) in [5.74, 6) is -0.434. The van der Waals surface area contributed by atoms with Gasteiger partial charge in [-0.1, -0.05) is 42.5 Å². The van der Waals surface area contributed by atoms with Crippen molar-refractivity contribution in [2.75, 3.05) is 49.3 Å². The number of benzene rings is 3. The van der Waals surface area contributed by atoms with Crippen molar-refractivity contribution >= 4 is 52.5 Å². The molecule has 2 fully saturated rings. The van der Waals surface area contributed by atoms with Gasteiger partial charge in [-0.2, -0.15) is 0 Å². The summed E-state index contributed by atoms with van der Waals surface area (Å²) >= 11 is 5.66. The largest absolute Gasteiger partial charge is 0.490 e. The van der Waals surface area contributed by atoms with Crippen LogP contribution in [0.3, 0.4) is 0 Å². The van der Waals surface area contributed by atoms with Gasteiger partial charge in [0, 0.05) is 13.1 Å². The molecule has 2 aliphatic heterocycles. The molecular formula is C31H29N3O6S. The fourth-order valence-electron chi connectivity index (χ4n) is 4.55. The molecule has 2 heterocycles. The van der Waals surface area contributed by atoms with Crippen LogP contribution in [0.2, 0.25) is 0 Å². The summed E-state index contributed by atoms with van der Waals surface area (Å²) in [5.41, 5.74) is 1.58. The Hall–Kier alpha value is -4.54. The molecule has 2 aliphatic rings. The quantitative estimate of drug-likeness (QED) is 0.229. The number of hydrogen-bond acceptors (Lipinski definition) is 7. The van der Waals surface area contributed by atoms with Crippen LogP contribution in [0.1, 0.15) is 12.5 Å². The molecule has 3 amide bonds. The predicted molar refractivity (Wildman–Crippen MR) is 159 cm³/mol. The Morgan fingerprint density at radius 2 is 1.44 bits per heavy atom. The standard InChI is InChI=1S/C31H29N3O6S/c1-2-39-27-20-22(13-14-26(27)40-21-28(35)32-15-17-38-18-16-32)19-25-29(36)33(23-9-5-3-6-10-23)31(41)34(30(25)37)24-11-7-4-8-12-24/h3-14,19-20H,2,15-18,21H2,1H3. The average Bonchev–Trinajstić information content (AvgIpc) is 3.00. The molecule has 10 heteroatoms. The van der Waals surface area contributed by atoms with Gasteiger partial charge in [0.2, 0.25) is 0 Å². The first-order valence-corrected chi connectivity index (χ1v) is 13.7. The third kappa shape index (κ3) is 6.13. The van der Waals surface area contributed by atoms with Gasteiger partial charge in [-0.05, 0) is 67.2 Å². The van der Waals surface area contributed by atoms with Gasteiger partial charge in [0.15, 0.2) is 23.2 Å². The van der Waals surface area contributed by atoms with Crippen molar-refractivity contribution in [1.82, 2.24) is 4.90 Å². The SMILES string of the molecule is CCOc1cc(C=C2C(=O)N(c3ccccc3)C(=S)N(c3ccccc3)C2=O)ccc1OCC(=O)N1CCOCC1. The second-order valence-corrected chi connectivity index (χ2v) is 9.58. The van der Waals surface area contributed by atoms with Gasteiger partial charge < -0.3 is 19.1 Å². The zero-order chi connectivity index (χ0) is 28.8. The van der Waals surface area contributed by atoms with E-state index < -0.39 is 11.8 Å². The number of nitrogens with zero attached hydrogens (tertiary/aromatic N) is 3. The Kier molecular flexibility index (Phi) is 8.71. The minimum atomic E-state index is -0.534. The number of anilines is 2. The maximum atomic E-state index is 13.7. The molecule has 0 spiro atoms. The van der Waals surface area contributed by atoms with Crippen molar-refractivity contribution in [2.45, 2.75) is 6.92 Å². The van der Waals surface area contributed by atoms with Crippen molar-refractivity contribution in [3.8, 4) is 11.5 Å². The molecule has 2 saturated heterocycles. The number of para-hydroxylation sites is 2. The van der Waals surface area contributed by atoms with Gasteiger partial charge in [0.05, 0.1) is 31.2 Å². The molecule has 9 nitrogen and oxygen atoms in total. The lowest BCUT2D eigenvalue weighted by atomic mass is 10.0. The van der Waals surface area contributed by atoms with Crippen LogP contribution in [-0.2, 0) is 19.1 Å². The van der Waals surface area contributed by atoms with Crippen LogP contribution in [0, 0.1) is 0 Å². The lowest BCUT2D eigenvalue weighted by Crippen LogP contribution is -2.56. The molecule has 0 aliphatic carbocycles. The molecule has 210 valence electrons. The average molecular weight is 572 g/mol. The van der Waals surface area contributed by atoms with Crippen LogP contribution in [0.4, 0.5) is 11.4 Å². The molecule has 3 aromatic carbocycles. The normalized spacial score (nSPS) is 15.7. The monoisotopic (exact) mass is 571 g/mol. The van der Waals surface area contributed by atoms with Crippen molar-refractivity contribution in [1.29, 1.82) is 0 Å². The minimum Gasteiger partial charge on any atom is -0.490 e. The Morgan fingerprint density at radius 1 is 0.854 bits per heavy atom. The Morgan fingerprint density at radius 3 is 2.00 bits per heavy atom. The van der Waals surface area contributed by atoms with Crippen LogP contribution in [0.25, 0.3) is 6.08 Å². The highest BCUT2D eigenvalue weighted by molar-refractivity contribution is 7.81. The van der Waals surface area contributed by atoms with Crippen LogP contribution in [0.15, 0.2) is 84.4 Å². The summed E-state index contributed by atoms with van der Waals surface area (Å²) in [6.45, 7) is 4.10. The third-order valence-corrected chi connectivity index (χ3v) is 6.94. The second-order valence-electron chi connectivity index (χ2n) is 9.21. The Labute approximate surface area is 243 Å². The van der Waals surface area contributed by atoms with E-state index in [0.29, 0.717) is 61.3 Å². The lowest BCUT2D eigenvalue weighted by Gasteiger charge is -2.36. The third-order valence-electron chi connectivity index (χ3n) is 6.57. The second kappa shape index (κ2) is 12.8. The van der Waals surface area contributed by atoms with Crippen molar-refractivity contribution in [3.63, 3.8) is 0 Å². The first-order chi connectivity index (χ1) is 20.0. The minimum absolute atomic E-state index is 0.0649. The smallest absolute Gasteiger partial charge is 0.270 e. The summed E-state index contributed by atoms with van der Waals surface area (Å²) in [4.78, 5) is 44.5. The number of rotatable bonds is 8. The van der Waals surface area contributed by atoms with E-state index in [-0.39, 0.29) is 23.2 Å². The molecule has 3 aromatic rings. The maximum absolute atomic E-state index is 13.7. The first kappa shape index (κ1) is 28.0. The van der Waals surface area contributed by atoms with Crippen molar-refractivity contribution < 1.29 is 28.6 Å². The molecular weight excluding hydrogens is 542 g/mol. The summed E-state index contributed by atoms with van der Waals surface area (Å²) in [6.07, 6.45) is 1.52. The zero-order valence-electron chi connectivity index (χ0n) is 22.5. The molecule has 0 N–H and O–H groups in total. The number of carbonyl (C=O) groups excluding carboxylic acids is 3. The number of amides is 3. The van der Waals surface area contributed by atoms with Crippen molar-refractivity contribution in [3.05, 3.63) is 90.0 Å². The van der Waals surface area contributed by atoms with E-state index in [4.69, 9.17) is 26.4 Å². The topological polar surface area (TPSA) is 88.6 Å². The van der Waals surface area contributed by atoms with Gasteiger partial charge in [-0.15, -0.1) is 0 Å². The molecule has 0 radical (unpaired) electrons. The van der Waals surface area contributed by atoms with Gasteiger partial charge in [-0.3, -0.25) is 24.2 Å². The molecule has 0 bridgehead atoms. The van der Waals surface area contributed by atoms with Crippen molar-refractivity contribution in [2.24, 2.45) is 0 Å². The first-order valence-electron chi connectivity index (χ1n) is 13.3. The van der Waals surface area contributed by atoms with E-state index in [0.717, 1.165) is 0 Å². The lowest BCUT2D eigenvalue weighted by molar-refractivity contribution is -0.137. The van der Waals surface area contributed by atoms with Crippen LogP contribution < -0.4 is 19.3 Å². The Bertz CT molecular complexity index is 1410. The van der Waals surface area contributed by atoms with Gasteiger partial charge in [-0.25, -0.2) is 0 Å². The molecule has 0 unspecified atom stereocenters. The highest BCUT2D eigenvalue weighted by Crippen LogP contribution is 2.32. The van der Waals surface area contributed by atoms with Crippen LogP contribution >= 0.6 is 12.2 Å². The summed E-state index contributed by atoms with van der Waals surface area (Å²) < 4.78 is 16.9. The summed E-state index contributed by atoms with van der Waals surface area (Å²) in [6, 6.07) is 23.0. The summed E-state index contributed by atoms with van der Waals surface area (Å²) in [5, 5.41) is 0.0678. The van der Waals surface area contributed by atoms with Gasteiger partial charge in [0.25, 0.3) is 17.7 Å². The fourth-order valence-corrected chi connectivity index (χ4v) is 4.93. The van der Waals surface area contributed by atoms with Crippen LogP contribution in [-0.4, -0.2) is 67.3 Å². The molecule has 5 rings (SSSR count). The molecule has 0 saturated carbocycles. The number of ether oxygens (including phenoxy) is 3. The van der Waals surface area contributed by atoms with Crippen LogP contribution in [0.5, 0.6) is 11.5 Å². The van der Waals surface area contributed by atoms with E-state index in [1.165, 1.54) is 15.9 Å².